The first kappa shape index (κ1) is 16.3. The topological polar surface area (TPSA) is 66.3 Å². The van der Waals surface area contributed by atoms with Gasteiger partial charge in [0.15, 0.2) is 5.82 Å². The summed E-state index contributed by atoms with van der Waals surface area (Å²) in [5.41, 5.74) is 4.67. The number of benzene rings is 2. The molecule has 5 nitrogen and oxygen atoms in total. The molecule has 2 heterocycles. The number of anilines is 1. The lowest BCUT2D eigenvalue weighted by molar-refractivity contribution is 0.0696. The van der Waals surface area contributed by atoms with Gasteiger partial charge < -0.3 is 10.0 Å². The summed E-state index contributed by atoms with van der Waals surface area (Å²) in [4.78, 5) is 22.7. The first-order valence-electron chi connectivity index (χ1n) is 8.61. The van der Waals surface area contributed by atoms with Crippen molar-refractivity contribution in [3.05, 3.63) is 77.0 Å². The molecule has 0 spiro atoms. The zero-order valence-corrected chi connectivity index (χ0v) is 14.5. The van der Waals surface area contributed by atoms with Crippen molar-refractivity contribution in [3.8, 4) is 11.4 Å². The number of rotatable bonds is 3. The lowest BCUT2D eigenvalue weighted by atomic mass is 9.99. The van der Waals surface area contributed by atoms with Gasteiger partial charge in [-0.15, -0.1) is 0 Å². The largest absolute Gasteiger partial charge is 0.477 e. The molecule has 0 amide bonds. The van der Waals surface area contributed by atoms with Crippen LogP contribution in [-0.2, 0) is 13.0 Å². The predicted molar refractivity (Wildman–Crippen MR) is 100 cm³/mol. The van der Waals surface area contributed by atoms with Gasteiger partial charge in [0, 0.05) is 24.8 Å². The molecular formula is C21H19N3O2. The van der Waals surface area contributed by atoms with Crippen LogP contribution in [0.25, 0.3) is 11.4 Å². The van der Waals surface area contributed by atoms with Gasteiger partial charge in [-0.25, -0.2) is 14.8 Å². The maximum atomic E-state index is 11.7. The van der Waals surface area contributed by atoms with Gasteiger partial charge in [0.25, 0.3) is 0 Å². The highest BCUT2D eigenvalue weighted by Crippen LogP contribution is 2.28. The van der Waals surface area contributed by atoms with E-state index in [4.69, 9.17) is 0 Å². The molecule has 0 bridgehead atoms. The molecule has 1 aliphatic heterocycles. The van der Waals surface area contributed by atoms with E-state index in [1.54, 1.807) is 0 Å². The molecule has 5 heteroatoms. The number of hydrogen-bond donors (Lipinski definition) is 1. The highest BCUT2D eigenvalue weighted by Gasteiger charge is 2.23. The van der Waals surface area contributed by atoms with Crippen molar-refractivity contribution in [2.24, 2.45) is 0 Å². The fourth-order valence-electron chi connectivity index (χ4n) is 3.36. The quantitative estimate of drug-likeness (QED) is 0.784. The number of fused-ring (bicyclic) bond motifs is 1. The zero-order valence-electron chi connectivity index (χ0n) is 14.5. The molecule has 26 heavy (non-hydrogen) atoms. The summed E-state index contributed by atoms with van der Waals surface area (Å²) in [5, 5.41) is 9.59. The molecule has 0 fully saturated rings. The normalized spacial score (nSPS) is 13.3. The number of carboxylic acid groups (broad SMARTS) is 1. The number of carbonyl (C=O) groups is 1. The second-order valence-electron chi connectivity index (χ2n) is 6.55. The van der Waals surface area contributed by atoms with Crippen molar-refractivity contribution >= 4 is 11.8 Å². The summed E-state index contributed by atoms with van der Waals surface area (Å²) < 4.78 is 0. The Morgan fingerprint density at radius 1 is 1.12 bits per heavy atom. The number of carboxylic acids is 1. The van der Waals surface area contributed by atoms with Crippen LogP contribution >= 0.6 is 0 Å². The predicted octanol–water partition coefficient (Wildman–Crippen LogP) is 3.71. The highest BCUT2D eigenvalue weighted by molar-refractivity contribution is 5.93. The standard InChI is InChI=1S/C21H19N3O2/c1-14-5-4-8-16(11-14)19-22-12-18(21(25)26)20(23-19)24-10-9-15-6-2-3-7-17(15)13-24/h2-8,11-12H,9-10,13H2,1H3,(H,25,26). The van der Waals surface area contributed by atoms with Crippen LogP contribution in [0.15, 0.2) is 54.7 Å². The fraction of sp³-hybridized carbons (Fsp3) is 0.190. The van der Waals surface area contributed by atoms with Crippen LogP contribution < -0.4 is 4.90 Å². The number of aromatic nitrogens is 2. The monoisotopic (exact) mass is 345 g/mol. The van der Waals surface area contributed by atoms with Gasteiger partial charge in [-0.1, -0.05) is 48.0 Å². The van der Waals surface area contributed by atoms with Crippen LogP contribution in [-0.4, -0.2) is 27.6 Å². The van der Waals surface area contributed by atoms with E-state index in [1.807, 2.05) is 48.2 Å². The summed E-state index contributed by atoms with van der Waals surface area (Å²) in [7, 11) is 0. The minimum atomic E-state index is -1.00. The molecule has 3 aromatic rings. The van der Waals surface area contributed by atoms with Gasteiger partial charge in [0.05, 0.1) is 0 Å². The Balaban J connectivity index is 1.77. The summed E-state index contributed by atoms with van der Waals surface area (Å²) >= 11 is 0. The third kappa shape index (κ3) is 3.04. The second-order valence-corrected chi connectivity index (χ2v) is 6.55. The third-order valence-electron chi connectivity index (χ3n) is 4.71. The molecular weight excluding hydrogens is 326 g/mol. The van der Waals surface area contributed by atoms with Crippen LogP contribution in [0.4, 0.5) is 5.82 Å². The van der Waals surface area contributed by atoms with E-state index in [1.165, 1.54) is 17.3 Å². The summed E-state index contributed by atoms with van der Waals surface area (Å²) in [6.07, 6.45) is 2.29. The van der Waals surface area contributed by atoms with Crippen molar-refractivity contribution in [3.63, 3.8) is 0 Å². The Hall–Kier alpha value is -3.21. The highest BCUT2D eigenvalue weighted by atomic mass is 16.4. The van der Waals surface area contributed by atoms with Gasteiger partial charge in [-0.2, -0.15) is 0 Å². The Bertz CT molecular complexity index is 984. The Morgan fingerprint density at radius 2 is 1.92 bits per heavy atom. The Kier molecular flexibility index (Phi) is 4.13. The molecule has 1 aliphatic rings. The van der Waals surface area contributed by atoms with Gasteiger partial charge in [-0.3, -0.25) is 0 Å². The molecule has 130 valence electrons. The first-order chi connectivity index (χ1) is 12.6. The number of aryl methyl sites for hydroxylation is 1. The second kappa shape index (κ2) is 6.59. The van der Waals surface area contributed by atoms with E-state index in [0.717, 1.165) is 24.1 Å². The van der Waals surface area contributed by atoms with E-state index in [0.29, 0.717) is 18.2 Å². The molecule has 0 saturated carbocycles. The average molecular weight is 345 g/mol. The van der Waals surface area contributed by atoms with Crippen molar-refractivity contribution in [1.82, 2.24) is 9.97 Å². The SMILES string of the molecule is Cc1cccc(-c2ncc(C(=O)O)c(N3CCc4ccccc4C3)n2)c1. The van der Waals surface area contributed by atoms with Crippen LogP contribution in [0.1, 0.15) is 27.0 Å². The van der Waals surface area contributed by atoms with Crippen molar-refractivity contribution < 1.29 is 9.90 Å². The molecule has 1 N–H and O–H groups in total. The van der Waals surface area contributed by atoms with Crippen molar-refractivity contribution in [2.75, 3.05) is 11.4 Å². The maximum absolute atomic E-state index is 11.7. The van der Waals surface area contributed by atoms with E-state index in [9.17, 15) is 9.90 Å². The molecule has 0 aliphatic carbocycles. The number of aromatic carboxylic acids is 1. The van der Waals surface area contributed by atoms with Gasteiger partial charge in [-0.05, 0) is 30.5 Å². The van der Waals surface area contributed by atoms with Gasteiger partial charge in [0.1, 0.15) is 11.4 Å². The van der Waals surface area contributed by atoms with E-state index < -0.39 is 5.97 Å². The molecule has 4 rings (SSSR count). The van der Waals surface area contributed by atoms with Gasteiger partial charge >= 0.3 is 5.97 Å². The number of nitrogens with zero attached hydrogens (tertiary/aromatic N) is 3. The van der Waals surface area contributed by atoms with Crippen molar-refractivity contribution in [1.29, 1.82) is 0 Å². The van der Waals surface area contributed by atoms with Gasteiger partial charge in [0.2, 0.25) is 0 Å². The summed E-state index contributed by atoms with van der Waals surface area (Å²) in [6, 6.07) is 16.2. The Morgan fingerprint density at radius 3 is 2.69 bits per heavy atom. The lowest BCUT2D eigenvalue weighted by Gasteiger charge is -2.30. The summed E-state index contributed by atoms with van der Waals surface area (Å²) in [5.74, 6) is 0.0284. The molecule has 2 aromatic carbocycles. The molecule has 0 saturated heterocycles. The Labute approximate surface area is 152 Å². The average Bonchev–Trinajstić information content (AvgIpc) is 2.67. The minimum Gasteiger partial charge on any atom is -0.477 e. The lowest BCUT2D eigenvalue weighted by Crippen LogP contribution is -2.32. The maximum Gasteiger partial charge on any atom is 0.341 e. The van der Waals surface area contributed by atoms with E-state index in [2.05, 4.69) is 22.1 Å². The number of hydrogen-bond acceptors (Lipinski definition) is 4. The van der Waals surface area contributed by atoms with Crippen LogP contribution in [0.5, 0.6) is 0 Å². The van der Waals surface area contributed by atoms with Crippen LogP contribution in [0, 0.1) is 6.92 Å². The van der Waals surface area contributed by atoms with Crippen LogP contribution in [0.3, 0.4) is 0 Å². The molecule has 0 radical (unpaired) electrons. The summed E-state index contributed by atoms with van der Waals surface area (Å²) in [6.45, 7) is 3.40. The van der Waals surface area contributed by atoms with Crippen molar-refractivity contribution in [2.45, 2.75) is 19.9 Å². The van der Waals surface area contributed by atoms with E-state index in [-0.39, 0.29) is 5.56 Å². The minimum absolute atomic E-state index is 0.140. The first-order valence-corrected chi connectivity index (χ1v) is 8.61. The molecule has 0 unspecified atom stereocenters. The zero-order chi connectivity index (χ0) is 18.1. The fourth-order valence-corrected chi connectivity index (χ4v) is 3.36. The van der Waals surface area contributed by atoms with Crippen LogP contribution in [0.2, 0.25) is 0 Å². The smallest absolute Gasteiger partial charge is 0.341 e. The third-order valence-corrected chi connectivity index (χ3v) is 4.71. The molecule has 1 aromatic heterocycles. The molecule has 0 atom stereocenters. The van der Waals surface area contributed by atoms with E-state index >= 15 is 0 Å².